The van der Waals surface area contributed by atoms with Gasteiger partial charge in [0.1, 0.15) is 5.75 Å². The Kier molecular flexibility index (Phi) is 10.9. The fourth-order valence-corrected chi connectivity index (χ4v) is 3.12. The Hall–Kier alpha value is -3.39. The van der Waals surface area contributed by atoms with Crippen LogP contribution in [0.25, 0.3) is 0 Å². The van der Waals surface area contributed by atoms with E-state index in [1.54, 1.807) is 43.5 Å². The Bertz CT molecular complexity index is 897. The number of carbonyl (C=O) groups excluding carboxylic acids is 3. The van der Waals surface area contributed by atoms with Crippen LogP contribution in [0.15, 0.2) is 48.5 Å². The van der Waals surface area contributed by atoms with Crippen molar-refractivity contribution in [3.63, 3.8) is 0 Å². The summed E-state index contributed by atoms with van der Waals surface area (Å²) in [5, 5.41) is 5.26. The molecule has 2 rings (SSSR count). The largest absolute Gasteiger partial charge is 0.497 e. The number of nitrogens with one attached hydrogen (secondary N) is 2. The molecule has 0 atom stereocenters. The van der Waals surface area contributed by atoms with Gasteiger partial charge < -0.3 is 25.0 Å². The molecule has 0 aromatic heterocycles. The van der Waals surface area contributed by atoms with E-state index in [0.717, 1.165) is 19.3 Å². The minimum absolute atomic E-state index is 0.171. The first-order valence-electron chi connectivity index (χ1n) is 11.0. The van der Waals surface area contributed by atoms with E-state index < -0.39 is 5.91 Å². The van der Waals surface area contributed by atoms with Crippen LogP contribution in [0.3, 0.4) is 0 Å². The minimum atomic E-state index is -0.427. The zero-order valence-electron chi connectivity index (χ0n) is 19.6. The van der Waals surface area contributed by atoms with Gasteiger partial charge in [-0.3, -0.25) is 14.4 Å². The summed E-state index contributed by atoms with van der Waals surface area (Å²) in [4.78, 5) is 38.9. The lowest BCUT2D eigenvalue weighted by atomic mass is 10.1. The highest BCUT2D eigenvalue weighted by molar-refractivity contribution is 5.98. The van der Waals surface area contributed by atoms with Gasteiger partial charge in [0.15, 0.2) is 0 Å². The monoisotopic (exact) mass is 455 g/mol. The van der Waals surface area contributed by atoms with Crippen LogP contribution in [0.2, 0.25) is 0 Å². The molecule has 3 amide bonds. The van der Waals surface area contributed by atoms with Gasteiger partial charge in [-0.05, 0) is 54.8 Å². The summed E-state index contributed by atoms with van der Waals surface area (Å²) in [6.45, 7) is 2.32. The Morgan fingerprint density at radius 3 is 2.24 bits per heavy atom. The van der Waals surface area contributed by atoms with Crippen LogP contribution < -0.4 is 15.4 Å². The first-order chi connectivity index (χ1) is 16.0. The molecule has 0 aliphatic heterocycles. The van der Waals surface area contributed by atoms with E-state index in [0.29, 0.717) is 23.6 Å². The van der Waals surface area contributed by atoms with Gasteiger partial charge in [0, 0.05) is 24.9 Å². The predicted molar refractivity (Wildman–Crippen MR) is 127 cm³/mol. The first-order valence-corrected chi connectivity index (χ1v) is 11.0. The number of nitrogens with zero attached hydrogens (tertiary/aromatic N) is 1. The van der Waals surface area contributed by atoms with Gasteiger partial charge in [-0.1, -0.05) is 25.5 Å². The standard InChI is InChI=1S/C25H33N3O5/c1-4-5-6-19-7-9-20(10-8-19)25(31)28(15-16-32-2)18-24(30)26-17-23(29)27-21-11-13-22(33-3)14-12-21/h7-14H,4-6,15-18H2,1-3H3,(H,26,30)(H,27,29). The van der Waals surface area contributed by atoms with Crippen molar-refractivity contribution in [2.75, 3.05) is 45.8 Å². The quantitative estimate of drug-likeness (QED) is 0.484. The SMILES string of the molecule is CCCCc1ccc(C(=O)N(CCOC)CC(=O)NCC(=O)Nc2ccc(OC)cc2)cc1. The van der Waals surface area contributed by atoms with Crippen molar-refractivity contribution in [1.82, 2.24) is 10.2 Å². The maximum Gasteiger partial charge on any atom is 0.254 e. The maximum atomic E-state index is 12.9. The molecule has 0 spiro atoms. The van der Waals surface area contributed by atoms with E-state index in [4.69, 9.17) is 9.47 Å². The van der Waals surface area contributed by atoms with E-state index in [2.05, 4.69) is 17.6 Å². The zero-order valence-corrected chi connectivity index (χ0v) is 19.6. The fraction of sp³-hybridized carbons (Fsp3) is 0.400. The molecule has 0 radical (unpaired) electrons. The molecule has 2 N–H and O–H groups in total. The topological polar surface area (TPSA) is 97.0 Å². The molecule has 8 nitrogen and oxygen atoms in total. The van der Waals surface area contributed by atoms with E-state index in [-0.39, 0.29) is 31.4 Å². The average molecular weight is 456 g/mol. The highest BCUT2D eigenvalue weighted by atomic mass is 16.5. The van der Waals surface area contributed by atoms with Crippen molar-refractivity contribution in [2.45, 2.75) is 26.2 Å². The number of amides is 3. The Morgan fingerprint density at radius 1 is 0.939 bits per heavy atom. The predicted octanol–water partition coefficient (Wildman–Crippen LogP) is 2.88. The third-order valence-corrected chi connectivity index (χ3v) is 5.03. The summed E-state index contributed by atoms with van der Waals surface area (Å²) in [6.07, 6.45) is 3.18. The molecule has 0 aliphatic carbocycles. The van der Waals surface area contributed by atoms with Gasteiger partial charge in [0.2, 0.25) is 11.8 Å². The van der Waals surface area contributed by atoms with Crippen molar-refractivity contribution in [1.29, 1.82) is 0 Å². The number of carbonyl (C=O) groups is 3. The lowest BCUT2D eigenvalue weighted by Gasteiger charge is -2.22. The number of anilines is 1. The Morgan fingerprint density at radius 2 is 1.64 bits per heavy atom. The zero-order chi connectivity index (χ0) is 24.1. The number of unbranched alkanes of at least 4 members (excludes halogenated alkanes) is 1. The smallest absolute Gasteiger partial charge is 0.254 e. The van der Waals surface area contributed by atoms with Gasteiger partial charge >= 0.3 is 0 Å². The second-order valence-corrected chi connectivity index (χ2v) is 7.57. The van der Waals surface area contributed by atoms with Gasteiger partial charge in [-0.15, -0.1) is 0 Å². The molecular weight excluding hydrogens is 422 g/mol. The van der Waals surface area contributed by atoms with Gasteiger partial charge in [-0.25, -0.2) is 0 Å². The van der Waals surface area contributed by atoms with Gasteiger partial charge in [-0.2, -0.15) is 0 Å². The molecule has 0 saturated heterocycles. The van der Waals surface area contributed by atoms with Crippen LogP contribution in [-0.2, 0) is 20.7 Å². The second-order valence-electron chi connectivity index (χ2n) is 7.57. The molecule has 0 aliphatic rings. The number of methoxy groups -OCH3 is 2. The van der Waals surface area contributed by atoms with Crippen molar-refractivity contribution in [2.24, 2.45) is 0 Å². The summed E-state index contributed by atoms with van der Waals surface area (Å²) < 4.78 is 10.2. The number of hydrogen-bond acceptors (Lipinski definition) is 5. The van der Waals surface area contributed by atoms with E-state index in [1.165, 1.54) is 17.6 Å². The highest BCUT2D eigenvalue weighted by Gasteiger charge is 2.19. The van der Waals surface area contributed by atoms with Crippen molar-refractivity contribution in [3.8, 4) is 5.75 Å². The first kappa shape index (κ1) is 25.9. The normalized spacial score (nSPS) is 10.4. The Labute approximate surface area is 195 Å². The van der Waals surface area contributed by atoms with Gasteiger partial charge in [0.05, 0.1) is 26.8 Å². The highest BCUT2D eigenvalue weighted by Crippen LogP contribution is 2.14. The number of benzene rings is 2. The summed E-state index contributed by atoms with van der Waals surface area (Å²) >= 11 is 0. The molecule has 8 heteroatoms. The van der Waals surface area contributed by atoms with Crippen molar-refractivity contribution < 1.29 is 23.9 Å². The van der Waals surface area contributed by atoms with Crippen LogP contribution in [0.1, 0.15) is 35.7 Å². The molecule has 0 heterocycles. The van der Waals surface area contributed by atoms with Crippen LogP contribution in [0.4, 0.5) is 5.69 Å². The molecule has 2 aromatic carbocycles. The van der Waals surface area contributed by atoms with Crippen LogP contribution >= 0.6 is 0 Å². The third kappa shape index (κ3) is 8.94. The summed E-state index contributed by atoms with van der Waals surface area (Å²) in [5.74, 6) is -0.375. The summed E-state index contributed by atoms with van der Waals surface area (Å²) in [7, 11) is 3.10. The molecular formula is C25H33N3O5. The molecule has 0 bridgehead atoms. The third-order valence-electron chi connectivity index (χ3n) is 5.03. The molecule has 178 valence electrons. The fourth-order valence-electron chi connectivity index (χ4n) is 3.12. The number of ether oxygens (including phenoxy) is 2. The van der Waals surface area contributed by atoms with Crippen molar-refractivity contribution >= 4 is 23.4 Å². The maximum absolute atomic E-state index is 12.9. The van der Waals surface area contributed by atoms with Crippen LogP contribution in [0.5, 0.6) is 5.75 Å². The molecule has 0 saturated carbocycles. The van der Waals surface area contributed by atoms with Crippen LogP contribution in [-0.4, -0.2) is 63.1 Å². The minimum Gasteiger partial charge on any atom is -0.497 e. The number of rotatable bonds is 13. The lowest BCUT2D eigenvalue weighted by molar-refractivity contribution is -0.124. The summed E-state index contributed by atoms with van der Waals surface area (Å²) in [6, 6.07) is 14.3. The molecule has 0 unspecified atom stereocenters. The average Bonchev–Trinajstić information content (AvgIpc) is 2.84. The van der Waals surface area contributed by atoms with Crippen LogP contribution in [0, 0.1) is 0 Å². The molecule has 2 aromatic rings. The Balaban J connectivity index is 1.89. The molecule has 33 heavy (non-hydrogen) atoms. The molecule has 0 fully saturated rings. The lowest BCUT2D eigenvalue weighted by Crippen LogP contribution is -2.44. The second kappa shape index (κ2) is 13.9. The summed E-state index contributed by atoms with van der Waals surface area (Å²) in [5.41, 5.74) is 2.28. The number of aryl methyl sites for hydroxylation is 1. The van der Waals surface area contributed by atoms with Crippen molar-refractivity contribution in [3.05, 3.63) is 59.7 Å². The van der Waals surface area contributed by atoms with E-state index in [1.807, 2.05) is 12.1 Å². The van der Waals surface area contributed by atoms with Gasteiger partial charge in [0.25, 0.3) is 5.91 Å². The van der Waals surface area contributed by atoms with E-state index >= 15 is 0 Å². The number of hydrogen-bond donors (Lipinski definition) is 2. The van der Waals surface area contributed by atoms with E-state index in [9.17, 15) is 14.4 Å².